The molecule has 3 aliphatic heterocycles. The van der Waals surface area contributed by atoms with Crippen LogP contribution in [0.3, 0.4) is 0 Å². The number of nitrogens with one attached hydrogen (secondary N) is 1. The van der Waals surface area contributed by atoms with Crippen LogP contribution in [0.15, 0.2) is 36.4 Å². The van der Waals surface area contributed by atoms with Crippen LogP contribution in [0.4, 0.5) is 4.79 Å². The quantitative estimate of drug-likeness (QED) is 0.435. The van der Waals surface area contributed by atoms with E-state index < -0.39 is 0 Å². The van der Waals surface area contributed by atoms with Gasteiger partial charge in [-0.25, -0.2) is 4.79 Å². The molecule has 0 spiro atoms. The average molecular weight is 511 g/mol. The molecule has 5 nitrogen and oxygen atoms in total. The van der Waals surface area contributed by atoms with E-state index >= 15 is 0 Å². The Morgan fingerprint density at radius 3 is 2.42 bits per heavy atom. The van der Waals surface area contributed by atoms with E-state index in [9.17, 15) is 4.79 Å². The number of amides is 1. The van der Waals surface area contributed by atoms with Crippen molar-refractivity contribution in [1.29, 1.82) is 0 Å². The molecule has 1 unspecified atom stereocenters. The molecule has 3 heterocycles. The van der Waals surface area contributed by atoms with Gasteiger partial charge in [0.2, 0.25) is 0 Å². The third-order valence-electron chi connectivity index (χ3n) is 8.76. The molecule has 2 aromatic carbocycles. The van der Waals surface area contributed by atoms with Crippen molar-refractivity contribution >= 4 is 17.7 Å². The van der Waals surface area contributed by atoms with Crippen molar-refractivity contribution < 1.29 is 14.3 Å². The Kier molecular flexibility index (Phi) is 7.24. The van der Waals surface area contributed by atoms with E-state index in [1.165, 1.54) is 11.1 Å². The molecule has 3 saturated heterocycles. The summed E-state index contributed by atoms with van der Waals surface area (Å²) >= 11 is 6.53. The number of hydrogen-bond acceptors (Lipinski definition) is 4. The molecular weight excluding hydrogens is 472 g/mol. The van der Waals surface area contributed by atoms with E-state index in [1.54, 1.807) is 0 Å². The Bertz CT molecular complexity index is 1110. The summed E-state index contributed by atoms with van der Waals surface area (Å²) in [6.45, 7) is 11.6. The highest BCUT2D eigenvalue weighted by Gasteiger charge is 2.45. The van der Waals surface area contributed by atoms with E-state index in [0.29, 0.717) is 16.7 Å². The predicted octanol–water partition coefficient (Wildman–Crippen LogP) is 7.02. The van der Waals surface area contributed by atoms with Crippen LogP contribution in [-0.4, -0.2) is 42.8 Å². The van der Waals surface area contributed by atoms with Crippen LogP contribution in [0.25, 0.3) is 11.1 Å². The van der Waals surface area contributed by atoms with Crippen molar-refractivity contribution in [2.75, 3.05) is 19.6 Å². The third kappa shape index (κ3) is 4.84. The smallest absolute Gasteiger partial charge is 0.407 e. The summed E-state index contributed by atoms with van der Waals surface area (Å²) < 4.78 is 11.8. The topological polar surface area (TPSA) is 50.8 Å². The number of rotatable bonds is 7. The molecule has 2 atom stereocenters. The lowest BCUT2D eigenvalue weighted by Crippen LogP contribution is -2.53. The summed E-state index contributed by atoms with van der Waals surface area (Å²) in [6, 6.07) is 12.5. The minimum absolute atomic E-state index is 0.0122. The molecule has 0 saturated carbocycles. The van der Waals surface area contributed by atoms with Crippen LogP contribution in [0, 0.1) is 11.3 Å². The number of piperidine rings is 3. The van der Waals surface area contributed by atoms with Crippen LogP contribution in [-0.2, 0) is 11.2 Å². The van der Waals surface area contributed by atoms with Crippen molar-refractivity contribution in [3.8, 4) is 16.9 Å². The van der Waals surface area contributed by atoms with Crippen LogP contribution >= 0.6 is 11.6 Å². The zero-order valence-electron chi connectivity index (χ0n) is 22.0. The van der Waals surface area contributed by atoms with Crippen molar-refractivity contribution in [3.05, 3.63) is 52.5 Å². The first-order valence-electron chi connectivity index (χ1n) is 13.6. The Balaban J connectivity index is 1.36. The second-order valence-corrected chi connectivity index (χ2v) is 11.5. The number of nitrogens with zero attached hydrogens (tertiary/aromatic N) is 1. The normalized spacial score (nSPS) is 26.1. The Morgan fingerprint density at radius 2 is 1.81 bits per heavy atom. The van der Waals surface area contributed by atoms with Crippen LogP contribution in [0.1, 0.15) is 70.5 Å². The van der Waals surface area contributed by atoms with Crippen molar-refractivity contribution in [2.45, 2.75) is 78.0 Å². The van der Waals surface area contributed by atoms with Gasteiger partial charge >= 0.3 is 6.09 Å². The summed E-state index contributed by atoms with van der Waals surface area (Å²) in [5.74, 6) is 1.21. The second-order valence-electron chi connectivity index (χ2n) is 11.1. The zero-order valence-corrected chi connectivity index (χ0v) is 22.7. The molecule has 0 radical (unpaired) electrons. The third-order valence-corrected chi connectivity index (χ3v) is 9.06. The van der Waals surface area contributed by atoms with Gasteiger partial charge in [0, 0.05) is 6.54 Å². The van der Waals surface area contributed by atoms with Crippen LogP contribution < -0.4 is 10.1 Å². The zero-order chi connectivity index (χ0) is 25.4. The summed E-state index contributed by atoms with van der Waals surface area (Å²) in [5, 5.41) is 3.93. The highest BCUT2D eigenvalue weighted by atomic mass is 35.5. The largest absolute Gasteiger partial charge is 0.489 e. The maximum atomic E-state index is 13.1. The van der Waals surface area contributed by atoms with E-state index in [1.807, 2.05) is 26.0 Å². The standard InChI is InChI=1S/C30H39ClN2O3/c1-5-30(6-2)17-23-15-21(22-8-10-26(25(31)16-22)35-19(3)4)7-9-24(23)28(30)32-29(34)36-27-18-33-13-11-20(27)12-14-33/h7-10,15-16,19-20,27-28H,5-6,11-14,17-18H2,1-4H3,(H,32,34)/t27-,28?/m0/s1. The molecule has 4 aliphatic rings. The second kappa shape index (κ2) is 10.3. The Morgan fingerprint density at radius 1 is 1.11 bits per heavy atom. The molecule has 2 aromatic rings. The Labute approximate surface area is 220 Å². The molecule has 194 valence electrons. The van der Waals surface area contributed by atoms with Crippen LogP contribution in [0.5, 0.6) is 5.75 Å². The number of benzene rings is 2. The molecule has 6 rings (SSSR count). The minimum Gasteiger partial charge on any atom is -0.489 e. The number of fused-ring (bicyclic) bond motifs is 4. The highest BCUT2D eigenvalue weighted by molar-refractivity contribution is 6.32. The van der Waals surface area contributed by atoms with E-state index in [0.717, 1.165) is 62.9 Å². The number of alkyl carbamates (subject to hydrolysis) is 1. The van der Waals surface area contributed by atoms with Crippen LogP contribution in [0.2, 0.25) is 5.02 Å². The summed E-state index contributed by atoms with van der Waals surface area (Å²) in [6.07, 6.45) is 5.01. The van der Waals surface area contributed by atoms with Gasteiger partial charge in [0.15, 0.2) is 0 Å². The van der Waals surface area contributed by atoms with Gasteiger partial charge < -0.3 is 14.8 Å². The first kappa shape index (κ1) is 25.4. The van der Waals surface area contributed by atoms with Gasteiger partial charge in [-0.2, -0.15) is 0 Å². The fraction of sp³-hybridized carbons (Fsp3) is 0.567. The summed E-state index contributed by atoms with van der Waals surface area (Å²) in [7, 11) is 0. The van der Waals surface area contributed by atoms with Gasteiger partial charge in [-0.1, -0.05) is 49.7 Å². The van der Waals surface area contributed by atoms with Gasteiger partial charge in [-0.3, -0.25) is 4.90 Å². The van der Waals surface area contributed by atoms with Crippen molar-refractivity contribution in [1.82, 2.24) is 10.2 Å². The lowest BCUT2D eigenvalue weighted by Gasteiger charge is -2.44. The maximum absolute atomic E-state index is 13.1. The van der Waals surface area contributed by atoms with Gasteiger partial charge in [-0.05, 0) is 105 Å². The van der Waals surface area contributed by atoms with Gasteiger partial charge in [0.1, 0.15) is 11.9 Å². The van der Waals surface area contributed by atoms with E-state index in [2.05, 4.69) is 48.3 Å². The predicted molar refractivity (Wildman–Crippen MR) is 145 cm³/mol. The number of carbonyl (C=O) groups excluding carboxylic acids is 1. The molecule has 1 N–H and O–H groups in total. The number of halogens is 1. The molecular formula is C30H39ClN2O3. The summed E-state index contributed by atoms with van der Waals surface area (Å²) in [4.78, 5) is 15.5. The number of hydrogen-bond donors (Lipinski definition) is 1. The van der Waals surface area contributed by atoms with Crippen molar-refractivity contribution in [3.63, 3.8) is 0 Å². The SMILES string of the molecule is CCC1(CC)Cc2cc(-c3ccc(OC(C)C)c(Cl)c3)ccc2C1NC(=O)O[C@H]1CN2CCC1CC2. The molecule has 6 heteroatoms. The fourth-order valence-electron chi connectivity index (χ4n) is 6.53. The molecule has 36 heavy (non-hydrogen) atoms. The number of carbonyl (C=O) groups is 1. The van der Waals surface area contributed by atoms with Crippen molar-refractivity contribution in [2.24, 2.45) is 11.3 Å². The fourth-order valence-corrected chi connectivity index (χ4v) is 6.76. The average Bonchev–Trinajstić information content (AvgIpc) is 3.18. The lowest BCUT2D eigenvalue weighted by atomic mass is 9.76. The maximum Gasteiger partial charge on any atom is 0.407 e. The highest BCUT2D eigenvalue weighted by Crippen LogP contribution is 2.51. The molecule has 3 fully saturated rings. The number of ether oxygens (including phenoxy) is 2. The van der Waals surface area contributed by atoms with Gasteiger partial charge in [0.25, 0.3) is 0 Å². The van der Waals surface area contributed by atoms with E-state index in [4.69, 9.17) is 21.1 Å². The molecule has 0 aromatic heterocycles. The monoisotopic (exact) mass is 510 g/mol. The first-order chi connectivity index (χ1) is 17.3. The molecule has 1 aliphatic carbocycles. The summed E-state index contributed by atoms with van der Waals surface area (Å²) in [5.41, 5.74) is 4.68. The lowest BCUT2D eigenvalue weighted by molar-refractivity contribution is -0.0353. The molecule has 1 amide bonds. The van der Waals surface area contributed by atoms with E-state index in [-0.39, 0.29) is 29.8 Å². The first-order valence-corrected chi connectivity index (χ1v) is 14.0. The Hall–Kier alpha value is -2.24. The minimum atomic E-state index is -0.269. The van der Waals surface area contributed by atoms with Gasteiger partial charge in [0.05, 0.1) is 17.2 Å². The van der Waals surface area contributed by atoms with Gasteiger partial charge in [-0.15, -0.1) is 0 Å². The molecule has 2 bridgehead atoms.